The summed E-state index contributed by atoms with van der Waals surface area (Å²) in [6, 6.07) is 0. The standard InChI is InChI=1S/3CH2O3.La.Sm/c3*2-1(3)4;;/h3*(H2,2,3,4);;/q;;;2*+3/p-6. The van der Waals surface area contributed by atoms with Gasteiger partial charge in [0.05, 0.1) is 0 Å². The first kappa shape index (κ1) is 29.3. The number of hydrogen-bond acceptors (Lipinski definition) is 9. The van der Waals surface area contributed by atoms with Crippen LogP contribution in [0.15, 0.2) is 0 Å². The Labute approximate surface area is 137 Å². The number of carbonyl (C=O) groups is 3. The summed E-state index contributed by atoms with van der Waals surface area (Å²) in [5, 5.41) is 50.0. The van der Waals surface area contributed by atoms with Crippen molar-refractivity contribution in [3.05, 3.63) is 0 Å². The average molecular weight is 469 g/mol. The summed E-state index contributed by atoms with van der Waals surface area (Å²) in [5.41, 5.74) is 0. The van der Waals surface area contributed by atoms with E-state index in [1.807, 2.05) is 0 Å². The summed E-state index contributed by atoms with van der Waals surface area (Å²) >= 11 is 0. The molecule has 0 rings (SSSR count). The zero-order valence-electron chi connectivity index (χ0n) is 6.16. The van der Waals surface area contributed by atoms with Crippen LogP contribution in [0.5, 0.6) is 0 Å². The quantitative estimate of drug-likeness (QED) is 0.332. The normalized spacial score (nSPS) is 5.14. The summed E-state index contributed by atoms with van der Waals surface area (Å²) in [6.07, 6.45) is -7.00. The largest absolute Gasteiger partial charge is 3.00 e. The molecule has 0 aromatic carbocycles. The van der Waals surface area contributed by atoms with Crippen molar-refractivity contribution in [3.63, 3.8) is 0 Å². The Kier molecular flexibility index (Phi) is 48.7. The Morgan fingerprint density at radius 3 is 0.571 bits per heavy atom. The van der Waals surface area contributed by atoms with Gasteiger partial charge in [-0.1, -0.05) is 0 Å². The molecule has 0 saturated heterocycles. The fourth-order valence-corrected chi connectivity index (χ4v) is 0. The van der Waals surface area contributed by atoms with Crippen molar-refractivity contribution in [1.29, 1.82) is 0 Å². The topological polar surface area (TPSA) is 190 Å². The molecule has 0 amide bonds. The minimum absolute atomic E-state index is 0. The van der Waals surface area contributed by atoms with Crippen molar-refractivity contribution in [2.45, 2.75) is 0 Å². The van der Waals surface area contributed by atoms with Crippen molar-refractivity contribution in [3.8, 4) is 0 Å². The molecule has 0 fully saturated rings. The summed E-state index contributed by atoms with van der Waals surface area (Å²) in [4.78, 5) is 25.0. The van der Waals surface area contributed by atoms with Crippen LogP contribution in [0.3, 0.4) is 0 Å². The second kappa shape index (κ2) is 23.3. The first-order valence-electron chi connectivity index (χ1n) is 1.84. The SMILES string of the molecule is O=C([O-])[O-].O=C([O-])[O-].O=C([O-])[O-].[La+3].[Sm+3]. The van der Waals surface area contributed by atoms with Crippen LogP contribution < -0.4 is 30.6 Å². The van der Waals surface area contributed by atoms with Gasteiger partial charge in [0.1, 0.15) is 0 Å². The van der Waals surface area contributed by atoms with Gasteiger partial charge in [-0.2, -0.15) is 0 Å². The van der Waals surface area contributed by atoms with Crippen LogP contribution in [0.2, 0.25) is 0 Å². The molecule has 0 aromatic heterocycles. The Bertz CT molecular complexity index is 118. The predicted molar refractivity (Wildman–Crippen MR) is 16.2 cm³/mol. The summed E-state index contributed by atoms with van der Waals surface area (Å²) in [6.45, 7) is 0. The van der Waals surface area contributed by atoms with Crippen LogP contribution in [0.25, 0.3) is 0 Å². The fraction of sp³-hybridized carbons (Fsp3) is 0. The molecule has 9 nitrogen and oxygen atoms in total. The van der Waals surface area contributed by atoms with E-state index in [2.05, 4.69) is 0 Å². The van der Waals surface area contributed by atoms with Gasteiger partial charge in [-0.25, -0.2) is 0 Å². The molecule has 0 heterocycles. The molecule has 1 radical (unpaired) electrons. The van der Waals surface area contributed by atoms with Gasteiger partial charge in [-0.3, -0.25) is 0 Å². The van der Waals surface area contributed by atoms with Crippen LogP contribution in [0.1, 0.15) is 0 Å². The van der Waals surface area contributed by atoms with Crippen molar-refractivity contribution < 1.29 is 121 Å². The molecule has 11 heteroatoms. The van der Waals surface area contributed by atoms with Crippen molar-refractivity contribution in [2.24, 2.45) is 0 Å². The van der Waals surface area contributed by atoms with Crippen molar-refractivity contribution in [2.75, 3.05) is 0 Å². The molecule has 0 aliphatic carbocycles. The summed E-state index contributed by atoms with van der Waals surface area (Å²) in [7, 11) is 0. The van der Waals surface area contributed by atoms with E-state index in [4.69, 9.17) is 45.0 Å². The van der Waals surface area contributed by atoms with Crippen molar-refractivity contribution in [1.82, 2.24) is 0 Å². The number of carbonyl (C=O) groups excluding carboxylic acids is 3. The molecule has 0 spiro atoms. The molecule has 0 bridgehead atoms. The van der Waals surface area contributed by atoms with E-state index in [0.717, 1.165) is 0 Å². The van der Waals surface area contributed by atoms with E-state index in [-0.39, 0.29) is 76.0 Å². The van der Waals surface area contributed by atoms with Crippen LogP contribution in [0.4, 0.5) is 14.4 Å². The minimum atomic E-state index is -2.33. The zero-order valence-corrected chi connectivity index (χ0v) is 12.4. The van der Waals surface area contributed by atoms with Crippen LogP contribution in [0, 0.1) is 76.0 Å². The maximum absolute atomic E-state index is 8.33. The molecular weight excluding hydrogens is 469 g/mol. The Morgan fingerprint density at radius 1 is 0.571 bits per heavy atom. The molecular formula is C3LaO9Sm. The minimum Gasteiger partial charge on any atom is -0.652 e. The third kappa shape index (κ3) is 13500. The molecule has 0 aliphatic rings. The second-order valence-corrected chi connectivity index (χ2v) is 0.750. The molecule has 0 N–H and O–H groups in total. The van der Waals surface area contributed by atoms with Crippen molar-refractivity contribution >= 4 is 18.5 Å². The van der Waals surface area contributed by atoms with E-state index in [0.29, 0.717) is 0 Å². The molecule has 0 unspecified atom stereocenters. The van der Waals surface area contributed by atoms with Gasteiger partial charge in [0, 0.05) is 0 Å². The van der Waals surface area contributed by atoms with Gasteiger partial charge in [-0.15, -0.1) is 0 Å². The van der Waals surface area contributed by atoms with E-state index in [1.54, 1.807) is 0 Å². The molecule has 75 valence electrons. The predicted octanol–water partition coefficient (Wildman–Crippen LogP) is -7.34. The zero-order chi connectivity index (χ0) is 10.7. The fourth-order valence-electron chi connectivity index (χ4n) is 0. The maximum atomic E-state index is 8.33. The van der Waals surface area contributed by atoms with Gasteiger partial charge in [0.15, 0.2) is 0 Å². The van der Waals surface area contributed by atoms with E-state index in [1.165, 1.54) is 0 Å². The number of hydrogen-bond donors (Lipinski definition) is 0. The molecule has 0 aliphatic heterocycles. The first-order chi connectivity index (χ1) is 5.20. The van der Waals surface area contributed by atoms with E-state index >= 15 is 0 Å². The number of carboxylic acid groups (broad SMARTS) is 6. The van der Waals surface area contributed by atoms with Crippen LogP contribution in [-0.2, 0) is 0 Å². The van der Waals surface area contributed by atoms with Crippen LogP contribution in [-0.4, -0.2) is 18.5 Å². The molecule has 14 heavy (non-hydrogen) atoms. The Morgan fingerprint density at radius 2 is 0.571 bits per heavy atom. The van der Waals surface area contributed by atoms with E-state index in [9.17, 15) is 0 Å². The number of rotatable bonds is 0. The third-order valence-electron chi connectivity index (χ3n) is 0. The van der Waals surface area contributed by atoms with Crippen LogP contribution >= 0.6 is 0 Å². The molecule has 0 aromatic rings. The van der Waals surface area contributed by atoms with Gasteiger partial charge in [-0.05, 0) is 18.5 Å². The van der Waals surface area contributed by atoms with Gasteiger partial charge in [0.2, 0.25) is 0 Å². The maximum Gasteiger partial charge on any atom is 3.00 e. The Balaban J connectivity index is -0.0000000270. The third-order valence-corrected chi connectivity index (χ3v) is 0. The van der Waals surface area contributed by atoms with Gasteiger partial charge >= 0.3 is 76.0 Å². The van der Waals surface area contributed by atoms with Gasteiger partial charge in [0.25, 0.3) is 0 Å². The monoisotopic (exact) mass is 471 g/mol. The Hall–Kier alpha value is 0.342. The van der Waals surface area contributed by atoms with E-state index < -0.39 is 18.5 Å². The smallest absolute Gasteiger partial charge is 0.652 e. The van der Waals surface area contributed by atoms with Gasteiger partial charge < -0.3 is 45.0 Å². The average Bonchev–Trinajstić information content (AvgIpc) is 1.54. The summed E-state index contributed by atoms with van der Waals surface area (Å²) in [5.74, 6) is 0. The first-order valence-corrected chi connectivity index (χ1v) is 1.84. The summed E-state index contributed by atoms with van der Waals surface area (Å²) < 4.78 is 0. The molecule has 0 saturated carbocycles. The molecule has 0 atom stereocenters. The second-order valence-electron chi connectivity index (χ2n) is 0.750.